The molecule has 3 atom stereocenters. The lowest BCUT2D eigenvalue weighted by atomic mass is 9.96. The molecule has 0 bridgehead atoms. The van der Waals surface area contributed by atoms with Gasteiger partial charge in [0.05, 0.1) is 19.1 Å². The molecule has 3 N–H and O–H groups in total. The van der Waals surface area contributed by atoms with Crippen LogP contribution in [0.25, 0.3) is 0 Å². The van der Waals surface area contributed by atoms with Crippen molar-refractivity contribution in [3.63, 3.8) is 0 Å². The number of carboxylic acids is 1. The third-order valence-electron chi connectivity index (χ3n) is 3.81. The lowest BCUT2D eigenvalue weighted by Gasteiger charge is -2.33. The highest BCUT2D eigenvalue weighted by atomic mass is 16.5. The minimum Gasteiger partial charge on any atom is -0.480 e. The summed E-state index contributed by atoms with van der Waals surface area (Å²) in [6, 6.07) is -0.318. The molecule has 3 unspecified atom stereocenters. The Morgan fingerprint density at radius 2 is 2.18 bits per heavy atom. The molecule has 6 heteroatoms. The van der Waals surface area contributed by atoms with Gasteiger partial charge in [0.1, 0.15) is 5.54 Å². The largest absolute Gasteiger partial charge is 0.480 e. The molecule has 0 aliphatic carbocycles. The van der Waals surface area contributed by atoms with Crippen LogP contribution in [0.3, 0.4) is 0 Å². The van der Waals surface area contributed by atoms with Crippen molar-refractivity contribution < 1.29 is 19.4 Å². The summed E-state index contributed by atoms with van der Waals surface area (Å²) in [5.74, 6) is -1.53. The van der Waals surface area contributed by atoms with Gasteiger partial charge < -0.3 is 20.5 Å². The summed E-state index contributed by atoms with van der Waals surface area (Å²) in [5, 5.41) is 9.24. The lowest BCUT2D eigenvalue weighted by molar-refractivity contribution is -0.157. The van der Waals surface area contributed by atoms with Gasteiger partial charge >= 0.3 is 5.97 Å². The molecule has 0 aromatic carbocycles. The highest BCUT2D eigenvalue weighted by Gasteiger charge is 2.48. The van der Waals surface area contributed by atoms with Crippen LogP contribution >= 0.6 is 0 Å². The van der Waals surface area contributed by atoms with Gasteiger partial charge in [0.2, 0.25) is 5.91 Å². The molecule has 2 rings (SSSR count). The topological polar surface area (TPSA) is 92.9 Å². The molecule has 0 saturated carbocycles. The molecule has 2 saturated heterocycles. The Bertz CT molecular complexity index is 346. The fourth-order valence-electron chi connectivity index (χ4n) is 2.56. The minimum atomic E-state index is -1.08. The number of carbonyl (C=O) groups excluding carboxylic acids is 1. The second kappa shape index (κ2) is 4.27. The van der Waals surface area contributed by atoms with E-state index in [4.69, 9.17) is 10.5 Å². The molecular formula is C11H18N2O4. The standard InChI is InChI=1S/C11H18N2O4/c1-11(10(15)16)3-2-4-13(11)9(14)7-5-17-6-8(7)12/h7-8H,2-6,12H2,1H3,(H,15,16). The van der Waals surface area contributed by atoms with Crippen molar-refractivity contribution in [3.05, 3.63) is 0 Å². The van der Waals surface area contributed by atoms with Crippen molar-refractivity contribution in [2.24, 2.45) is 11.7 Å². The summed E-state index contributed by atoms with van der Waals surface area (Å²) in [5.41, 5.74) is 4.71. The van der Waals surface area contributed by atoms with Crippen LogP contribution in [0.1, 0.15) is 19.8 Å². The van der Waals surface area contributed by atoms with Gasteiger partial charge in [-0.1, -0.05) is 0 Å². The summed E-state index contributed by atoms with van der Waals surface area (Å²) in [7, 11) is 0. The predicted molar refractivity (Wildman–Crippen MR) is 59.3 cm³/mol. The first-order valence-corrected chi connectivity index (χ1v) is 5.85. The van der Waals surface area contributed by atoms with Crippen LogP contribution in [-0.4, -0.2) is 53.2 Å². The molecule has 6 nitrogen and oxygen atoms in total. The number of hydrogen-bond acceptors (Lipinski definition) is 4. The number of nitrogens with two attached hydrogens (primary N) is 1. The van der Waals surface area contributed by atoms with Gasteiger partial charge in [0, 0.05) is 12.6 Å². The van der Waals surface area contributed by atoms with E-state index in [1.165, 1.54) is 4.90 Å². The SMILES string of the molecule is CC1(C(=O)O)CCCN1C(=O)C1COCC1N. The van der Waals surface area contributed by atoms with Crippen molar-refractivity contribution in [2.45, 2.75) is 31.3 Å². The van der Waals surface area contributed by atoms with Crippen LogP contribution < -0.4 is 5.73 Å². The van der Waals surface area contributed by atoms with Crippen molar-refractivity contribution >= 4 is 11.9 Å². The third-order valence-corrected chi connectivity index (χ3v) is 3.81. The summed E-state index contributed by atoms with van der Waals surface area (Å²) in [4.78, 5) is 25.0. The first kappa shape index (κ1) is 12.3. The number of carboxylic acid groups (broad SMARTS) is 1. The summed E-state index contributed by atoms with van der Waals surface area (Å²) >= 11 is 0. The van der Waals surface area contributed by atoms with E-state index >= 15 is 0 Å². The van der Waals surface area contributed by atoms with Crippen LogP contribution in [0.4, 0.5) is 0 Å². The van der Waals surface area contributed by atoms with Crippen molar-refractivity contribution in [1.82, 2.24) is 4.90 Å². The summed E-state index contributed by atoms with van der Waals surface area (Å²) in [6.45, 7) is 2.76. The zero-order chi connectivity index (χ0) is 12.6. The maximum atomic E-state index is 12.3. The van der Waals surface area contributed by atoms with E-state index in [9.17, 15) is 14.7 Å². The Balaban J connectivity index is 2.16. The highest BCUT2D eigenvalue weighted by molar-refractivity contribution is 5.89. The van der Waals surface area contributed by atoms with E-state index in [2.05, 4.69) is 0 Å². The molecular weight excluding hydrogens is 224 g/mol. The molecule has 2 fully saturated rings. The smallest absolute Gasteiger partial charge is 0.329 e. The second-order valence-corrected chi connectivity index (χ2v) is 4.98. The third kappa shape index (κ3) is 1.91. The number of aliphatic carboxylic acids is 1. The lowest BCUT2D eigenvalue weighted by Crippen LogP contribution is -2.54. The van der Waals surface area contributed by atoms with Gasteiger partial charge in [-0.05, 0) is 19.8 Å². The van der Waals surface area contributed by atoms with Gasteiger partial charge in [-0.2, -0.15) is 0 Å². The minimum absolute atomic E-state index is 0.183. The summed E-state index contributed by atoms with van der Waals surface area (Å²) in [6.07, 6.45) is 1.22. The van der Waals surface area contributed by atoms with E-state index in [0.29, 0.717) is 26.2 Å². The molecule has 0 radical (unpaired) electrons. The van der Waals surface area contributed by atoms with E-state index in [1.807, 2.05) is 0 Å². The van der Waals surface area contributed by atoms with E-state index in [0.717, 1.165) is 6.42 Å². The first-order valence-electron chi connectivity index (χ1n) is 5.85. The Morgan fingerprint density at radius 1 is 1.47 bits per heavy atom. The Labute approximate surface area is 99.7 Å². The van der Waals surface area contributed by atoms with Gasteiger partial charge in [-0.3, -0.25) is 4.79 Å². The van der Waals surface area contributed by atoms with Crippen molar-refractivity contribution in [2.75, 3.05) is 19.8 Å². The van der Waals surface area contributed by atoms with E-state index < -0.39 is 17.4 Å². The van der Waals surface area contributed by atoms with Crippen LogP contribution in [-0.2, 0) is 14.3 Å². The number of ether oxygens (including phenoxy) is 1. The molecule has 2 aliphatic rings. The summed E-state index contributed by atoms with van der Waals surface area (Å²) < 4.78 is 5.16. The van der Waals surface area contributed by atoms with Gasteiger partial charge in [0.25, 0.3) is 0 Å². The first-order chi connectivity index (χ1) is 7.97. The molecule has 2 heterocycles. The maximum absolute atomic E-state index is 12.3. The molecule has 0 aromatic rings. The number of likely N-dealkylation sites (tertiary alicyclic amines) is 1. The average Bonchev–Trinajstić information content (AvgIpc) is 2.84. The molecule has 96 valence electrons. The predicted octanol–water partition coefficient (Wildman–Crippen LogP) is -0.574. The average molecular weight is 242 g/mol. The molecule has 0 aromatic heterocycles. The van der Waals surface area contributed by atoms with Gasteiger partial charge in [-0.25, -0.2) is 4.79 Å². The maximum Gasteiger partial charge on any atom is 0.329 e. The van der Waals surface area contributed by atoms with Crippen LogP contribution in [0.15, 0.2) is 0 Å². The number of amides is 1. The quantitative estimate of drug-likeness (QED) is 0.676. The van der Waals surface area contributed by atoms with Crippen molar-refractivity contribution in [1.29, 1.82) is 0 Å². The zero-order valence-electron chi connectivity index (χ0n) is 9.89. The van der Waals surface area contributed by atoms with E-state index in [-0.39, 0.29) is 11.9 Å². The van der Waals surface area contributed by atoms with Gasteiger partial charge in [-0.15, -0.1) is 0 Å². The number of hydrogen-bond donors (Lipinski definition) is 2. The van der Waals surface area contributed by atoms with Crippen LogP contribution in [0.5, 0.6) is 0 Å². The molecule has 1 amide bonds. The molecule has 2 aliphatic heterocycles. The van der Waals surface area contributed by atoms with Crippen LogP contribution in [0, 0.1) is 5.92 Å². The Morgan fingerprint density at radius 3 is 2.71 bits per heavy atom. The number of carbonyl (C=O) groups is 2. The van der Waals surface area contributed by atoms with Gasteiger partial charge in [0.15, 0.2) is 0 Å². The highest BCUT2D eigenvalue weighted by Crippen LogP contribution is 2.31. The molecule has 17 heavy (non-hydrogen) atoms. The van der Waals surface area contributed by atoms with Crippen molar-refractivity contribution in [3.8, 4) is 0 Å². The van der Waals surface area contributed by atoms with Crippen LogP contribution in [0.2, 0.25) is 0 Å². The number of rotatable bonds is 2. The monoisotopic (exact) mass is 242 g/mol. The number of nitrogens with zero attached hydrogens (tertiary/aromatic N) is 1. The molecule has 0 spiro atoms. The van der Waals surface area contributed by atoms with E-state index in [1.54, 1.807) is 6.92 Å². The fourth-order valence-corrected chi connectivity index (χ4v) is 2.56. The fraction of sp³-hybridized carbons (Fsp3) is 0.818. The Hall–Kier alpha value is -1.14. The zero-order valence-corrected chi connectivity index (χ0v) is 9.89. The Kier molecular flexibility index (Phi) is 3.09. The second-order valence-electron chi connectivity index (χ2n) is 4.98. The normalized spacial score (nSPS) is 37.4.